The van der Waals surface area contributed by atoms with Crippen molar-refractivity contribution in [1.82, 2.24) is 10.6 Å². The van der Waals surface area contributed by atoms with Gasteiger partial charge in [-0.1, -0.05) is 0 Å². The van der Waals surface area contributed by atoms with E-state index in [9.17, 15) is 0 Å². The lowest BCUT2D eigenvalue weighted by atomic mass is 10.1. The van der Waals surface area contributed by atoms with Gasteiger partial charge in [0, 0.05) is 18.7 Å². The van der Waals surface area contributed by atoms with E-state index in [1.807, 2.05) is 0 Å². The second-order valence-corrected chi connectivity index (χ2v) is 4.86. The Morgan fingerprint density at radius 2 is 2.00 bits per heavy atom. The predicted molar refractivity (Wildman–Crippen MR) is 62.1 cm³/mol. The van der Waals surface area contributed by atoms with E-state index in [1.54, 1.807) is 0 Å². The average molecular weight is 212 g/mol. The second kappa shape index (κ2) is 5.83. The van der Waals surface area contributed by atoms with Crippen LogP contribution in [-0.4, -0.2) is 37.9 Å². The van der Waals surface area contributed by atoms with Crippen molar-refractivity contribution in [3.05, 3.63) is 0 Å². The van der Waals surface area contributed by atoms with Crippen molar-refractivity contribution < 1.29 is 4.74 Å². The van der Waals surface area contributed by atoms with Crippen LogP contribution in [0.15, 0.2) is 0 Å². The minimum absolute atomic E-state index is 0.383. The molecule has 3 nitrogen and oxygen atoms in total. The van der Waals surface area contributed by atoms with Crippen molar-refractivity contribution in [1.29, 1.82) is 0 Å². The Morgan fingerprint density at radius 3 is 2.67 bits per heavy atom. The van der Waals surface area contributed by atoms with E-state index in [0.29, 0.717) is 18.2 Å². The molecule has 2 rings (SSSR count). The van der Waals surface area contributed by atoms with Gasteiger partial charge in [0.05, 0.1) is 6.10 Å². The molecule has 88 valence electrons. The molecule has 2 aliphatic heterocycles. The molecule has 0 aliphatic carbocycles. The molecule has 2 aliphatic rings. The molecule has 3 unspecified atom stereocenters. The fraction of sp³-hybridized carbons (Fsp3) is 1.00. The monoisotopic (exact) mass is 212 g/mol. The topological polar surface area (TPSA) is 33.3 Å². The first-order valence-corrected chi connectivity index (χ1v) is 6.44. The van der Waals surface area contributed by atoms with E-state index in [-0.39, 0.29) is 0 Å². The molecule has 0 radical (unpaired) electrons. The van der Waals surface area contributed by atoms with Crippen molar-refractivity contribution in [3.63, 3.8) is 0 Å². The van der Waals surface area contributed by atoms with Crippen LogP contribution in [0.1, 0.15) is 39.0 Å². The minimum atomic E-state index is 0.383. The maximum Gasteiger partial charge on any atom is 0.0699 e. The van der Waals surface area contributed by atoms with E-state index in [1.165, 1.54) is 45.2 Å². The Balaban J connectivity index is 1.56. The number of hydrogen-bond acceptors (Lipinski definition) is 3. The highest BCUT2D eigenvalue weighted by Gasteiger charge is 2.21. The first-order valence-electron chi connectivity index (χ1n) is 6.44. The summed E-state index contributed by atoms with van der Waals surface area (Å²) in [4.78, 5) is 0. The molecule has 0 aromatic heterocycles. The Bertz CT molecular complexity index is 174. The molecule has 0 bridgehead atoms. The first-order chi connectivity index (χ1) is 7.36. The van der Waals surface area contributed by atoms with Crippen LogP contribution < -0.4 is 10.6 Å². The van der Waals surface area contributed by atoms with Crippen LogP contribution in [0.4, 0.5) is 0 Å². The summed E-state index contributed by atoms with van der Waals surface area (Å²) in [6.45, 7) is 5.48. The highest BCUT2D eigenvalue weighted by molar-refractivity contribution is 4.80. The van der Waals surface area contributed by atoms with Crippen LogP contribution in [0.3, 0.4) is 0 Å². The Hall–Kier alpha value is -0.120. The SMILES string of the molecule is CC(OCCC1CCCN1)C1CCCN1. The smallest absolute Gasteiger partial charge is 0.0699 e. The summed E-state index contributed by atoms with van der Waals surface area (Å²) in [5.41, 5.74) is 0. The van der Waals surface area contributed by atoms with Gasteiger partial charge in [0.15, 0.2) is 0 Å². The summed E-state index contributed by atoms with van der Waals surface area (Å²) < 4.78 is 5.89. The average Bonchev–Trinajstić information content (AvgIpc) is 2.90. The lowest BCUT2D eigenvalue weighted by Crippen LogP contribution is -2.35. The maximum absolute atomic E-state index is 5.89. The molecule has 2 N–H and O–H groups in total. The standard InChI is InChI=1S/C12H24N2O/c1-10(12-5-3-8-14-12)15-9-6-11-4-2-7-13-11/h10-14H,2-9H2,1H3. The van der Waals surface area contributed by atoms with Crippen molar-refractivity contribution in [2.24, 2.45) is 0 Å². The molecular weight excluding hydrogens is 188 g/mol. The Labute approximate surface area is 93.0 Å². The zero-order chi connectivity index (χ0) is 10.5. The van der Waals surface area contributed by atoms with Crippen LogP contribution in [0.5, 0.6) is 0 Å². The van der Waals surface area contributed by atoms with Crippen LogP contribution >= 0.6 is 0 Å². The minimum Gasteiger partial charge on any atom is -0.377 e. The van der Waals surface area contributed by atoms with Gasteiger partial charge in [-0.25, -0.2) is 0 Å². The van der Waals surface area contributed by atoms with Gasteiger partial charge < -0.3 is 15.4 Å². The molecular formula is C12H24N2O. The van der Waals surface area contributed by atoms with Gasteiger partial charge in [-0.2, -0.15) is 0 Å². The second-order valence-electron chi connectivity index (χ2n) is 4.86. The molecule has 0 aromatic rings. The Kier molecular flexibility index (Phi) is 4.42. The van der Waals surface area contributed by atoms with Crippen LogP contribution in [0, 0.1) is 0 Å². The lowest BCUT2D eigenvalue weighted by molar-refractivity contribution is 0.0388. The van der Waals surface area contributed by atoms with E-state index >= 15 is 0 Å². The highest BCUT2D eigenvalue weighted by atomic mass is 16.5. The van der Waals surface area contributed by atoms with Crippen molar-refractivity contribution >= 4 is 0 Å². The molecule has 0 saturated carbocycles. The van der Waals surface area contributed by atoms with E-state index < -0.39 is 0 Å². The third kappa shape index (κ3) is 3.44. The highest BCUT2D eigenvalue weighted by Crippen LogP contribution is 2.13. The summed E-state index contributed by atoms with van der Waals surface area (Å²) in [6.07, 6.45) is 6.82. The molecule has 15 heavy (non-hydrogen) atoms. The molecule has 0 aromatic carbocycles. The predicted octanol–water partition coefficient (Wildman–Crippen LogP) is 1.29. The number of nitrogens with one attached hydrogen (secondary N) is 2. The maximum atomic E-state index is 5.89. The summed E-state index contributed by atoms with van der Waals surface area (Å²) in [6, 6.07) is 1.32. The zero-order valence-electron chi connectivity index (χ0n) is 9.80. The molecule has 2 heterocycles. The summed E-state index contributed by atoms with van der Waals surface area (Å²) >= 11 is 0. The molecule has 2 fully saturated rings. The van der Waals surface area contributed by atoms with Crippen LogP contribution in [0.25, 0.3) is 0 Å². The van der Waals surface area contributed by atoms with Gasteiger partial charge in [-0.3, -0.25) is 0 Å². The molecule has 3 atom stereocenters. The normalized spacial score (nSPS) is 33.4. The summed E-state index contributed by atoms with van der Waals surface area (Å²) in [5, 5.41) is 7.00. The summed E-state index contributed by atoms with van der Waals surface area (Å²) in [5.74, 6) is 0. The Morgan fingerprint density at radius 1 is 1.20 bits per heavy atom. The van der Waals surface area contributed by atoms with Gasteiger partial charge >= 0.3 is 0 Å². The lowest BCUT2D eigenvalue weighted by Gasteiger charge is -2.21. The molecule has 3 heteroatoms. The zero-order valence-corrected chi connectivity index (χ0v) is 9.80. The van der Waals surface area contributed by atoms with E-state index in [0.717, 1.165) is 6.61 Å². The third-order valence-corrected chi connectivity index (χ3v) is 3.67. The van der Waals surface area contributed by atoms with E-state index in [2.05, 4.69) is 17.6 Å². The van der Waals surface area contributed by atoms with Gasteiger partial charge in [0.2, 0.25) is 0 Å². The molecule has 0 amide bonds. The fourth-order valence-electron chi connectivity index (χ4n) is 2.63. The van der Waals surface area contributed by atoms with Crippen LogP contribution in [0.2, 0.25) is 0 Å². The van der Waals surface area contributed by atoms with E-state index in [4.69, 9.17) is 4.74 Å². The fourth-order valence-corrected chi connectivity index (χ4v) is 2.63. The summed E-state index contributed by atoms with van der Waals surface area (Å²) in [7, 11) is 0. The quantitative estimate of drug-likeness (QED) is 0.720. The first kappa shape index (κ1) is 11.4. The van der Waals surface area contributed by atoms with Gasteiger partial charge in [-0.05, 0) is 52.1 Å². The van der Waals surface area contributed by atoms with Gasteiger partial charge in [0.1, 0.15) is 0 Å². The molecule has 0 spiro atoms. The largest absolute Gasteiger partial charge is 0.377 e. The van der Waals surface area contributed by atoms with Crippen molar-refractivity contribution in [2.45, 2.75) is 57.2 Å². The number of ether oxygens (including phenoxy) is 1. The molecule has 2 saturated heterocycles. The van der Waals surface area contributed by atoms with Crippen LogP contribution in [-0.2, 0) is 4.74 Å². The number of rotatable bonds is 5. The van der Waals surface area contributed by atoms with Gasteiger partial charge in [-0.15, -0.1) is 0 Å². The van der Waals surface area contributed by atoms with Crippen molar-refractivity contribution in [3.8, 4) is 0 Å². The third-order valence-electron chi connectivity index (χ3n) is 3.67. The van der Waals surface area contributed by atoms with Crippen molar-refractivity contribution in [2.75, 3.05) is 19.7 Å². The number of hydrogen-bond donors (Lipinski definition) is 2. The van der Waals surface area contributed by atoms with Gasteiger partial charge in [0.25, 0.3) is 0 Å².